The molecule has 0 aliphatic rings. The zero-order chi connectivity index (χ0) is 9.68. The Labute approximate surface area is 76.1 Å². The number of benzene rings is 1. The van der Waals surface area contributed by atoms with Gasteiger partial charge >= 0.3 is 0 Å². The number of hydrogen-bond donors (Lipinski definition) is 1. The van der Waals surface area contributed by atoms with E-state index in [1.165, 1.54) is 12.3 Å². The number of allylic oxidation sites excluding steroid dienone is 1. The lowest BCUT2D eigenvalue weighted by Crippen LogP contribution is -1.95. The predicted octanol–water partition coefficient (Wildman–Crippen LogP) is 1.21. The third kappa shape index (κ3) is 2.17. The van der Waals surface area contributed by atoms with Gasteiger partial charge in [0.25, 0.3) is 0 Å². The van der Waals surface area contributed by atoms with E-state index in [1.807, 2.05) is 6.07 Å². The lowest BCUT2D eigenvalue weighted by atomic mass is 10.1. The Morgan fingerprint density at radius 2 is 2.00 bits per heavy atom. The summed E-state index contributed by atoms with van der Waals surface area (Å²) >= 11 is 0. The summed E-state index contributed by atoms with van der Waals surface area (Å²) in [4.78, 5) is 11.2. The number of nitrogens with zero attached hydrogens (tertiary/aromatic N) is 1. The van der Waals surface area contributed by atoms with Gasteiger partial charge in [0.1, 0.15) is 0 Å². The molecule has 0 radical (unpaired) electrons. The number of rotatable bonds is 2. The van der Waals surface area contributed by atoms with Crippen molar-refractivity contribution in [1.82, 2.24) is 0 Å². The highest BCUT2D eigenvalue weighted by atomic mass is 16.1. The second-order valence-corrected chi connectivity index (χ2v) is 2.41. The molecule has 0 aromatic heterocycles. The van der Waals surface area contributed by atoms with Gasteiger partial charge in [-0.25, -0.2) is 0 Å². The van der Waals surface area contributed by atoms with E-state index in [4.69, 9.17) is 11.0 Å². The first-order chi connectivity index (χ1) is 6.27. The van der Waals surface area contributed by atoms with Crippen LogP contribution >= 0.6 is 0 Å². The molecule has 1 aromatic carbocycles. The monoisotopic (exact) mass is 172 g/mol. The van der Waals surface area contributed by atoms with Gasteiger partial charge in [-0.1, -0.05) is 0 Å². The fourth-order valence-corrected chi connectivity index (χ4v) is 0.893. The molecule has 0 atom stereocenters. The van der Waals surface area contributed by atoms with E-state index >= 15 is 0 Å². The van der Waals surface area contributed by atoms with E-state index in [-0.39, 0.29) is 5.78 Å². The van der Waals surface area contributed by atoms with Crippen molar-refractivity contribution in [3.05, 3.63) is 47.7 Å². The average molecular weight is 172 g/mol. The van der Waals surface area contributed by atoms with Gasteiger partial charge in [0.15, 0.2) is 5.78 Å². The number of hydrogen-bond acceptors (Lipinski definition) is 3. The molecule has 1 aromatic rings. The summed E-state index contributed by atoms with van der Waals surface area (Å²) < 4.78 is 0. The first-order valence-electron chi connectivity index (χ1n) is 3.70. The van der Waals surface area contributed by atoms with E-state index in [9.17, 15) is 4.79 Å². The largest absolute Gasteiger partial charge is 0.404 e. The molecule has 0 amide bonds. The summed E-state index contributed by atoms with van der Waals surface area (Å²) in [5, 5.41) is 8.50. The molecule has 2 N–H and O–H groups in total. The number of carbonyl (C=O) groups is 1. The van der Waals surface area contributed by atoms with Gasteiger partial charge in [-0.2, -0.15) is 5.26 Å². The van der Waals surface area contributed by atoms with Gasteiger partial charge < -0.3 is 5.73 Å². The third-order valence-electron chi connectivity index (χ3n) is 1.55. The minimum absolute atomic E-state index is 0.160. The Morgan fingerprint density at radius 3 is 2.46 bits per heavy atom. The maximum absolute atomic E-state index is 11.2. The molecule has 13 heavy (non-hydrogen) atoms. The Hall–Kier alpha value is -2.08. The molecular weight excluding hydrogens is 164 g/mol. The molecule has 0 bridgehead atoms. The zero-order valence-corrected chi connectivity index (χ0v) is 6.90. The predicted molar refractivity (Wildman–Crippen MR) is 48.8 cm³/mol. The molecule has 0 fully saturated rings. The Morgan fingerprint density at radius 1 is 1.38 bits per heavy atom. The van der Waals surface area contributed by atoms with Crippen LogP contribution in [0.4, 0.5) is 0 Å². The van der Waals surface area contributed by atoms with Gasteiger partial charge in [-0.3, -0.25) is 4.79 Å². The summed E-state index contributed by atoms with van der Waals surface area (Å²) in [6, 6.07) is 8.36. The molecule has 3 heteroatoms. The first-order valence-corrected chi connectivity index (χ1v) is 3.70. The molecule has 0 heterocycles. The third-order valence-corrected chi connectivity index (χ3v) is 1.55. The molecule has 0 saturated heterocycles. The summed E-state index contributed by atoms with van der Waals surface area (Å²) in [6.07, 6.45) is 2.47. The minimum Gasteiger partial charge on any atom is -0.404 e. The SMILES string of the molecule is N#Cc1ccc(C(=O)/C=C/N)cc1. The Bertz CT molecular complexity index is 371. The van der Waals surface area contributed by atoms with E-state index in [2.05, 4.69) is 0 Å². The van der Waals surface area contributed by atoms with Gasteiger partial charge in [0.05, 0.1) is 11.6 Å². The Kier molecular flexibility index (Phi) is 2.82. The molecule has 64 valence electrons. The van der Waals surface area contributed by atoms with Crippen molar-refractivity contribution in [3.8, 4) is 6.07 Å². The quantitative estimate of drug-likeness (QED) is 0.538. The second kappa shape index (κ2) is 4.07. The summed E-state index contributed by atoms with van der Waals surface area (Å²) in [7, 11) is 0. The van der Waals surface area contributed by atoms with Crippen LogP contribution in [0.1, 0.15) is 15.9 Å². The molecule has 1 rings (SSSR count). The molecule has 0 unspecified atom stereocenters. The van der Waals surface area contributed by atoms with Crippen LogP contribution in [-0.2, 0) is 0 Å². The average Bonchev–Trinajstić information content (AvgIpc) is 2.18. The van der Waals surface area contributed by atoms with Crippen molar-refractivity contribution in [3.63, 3.8) is 0 Å². The van der Waals surface area contributed by atoms with Crippen molar-refractivity contribution < 1.29 is 4.79 Å². The molecule has 3 nitrogen and oxygen atoms in total. The van der Waals surface area contributed by atoms with Crippen molar-refractivity contribution in [2.75, 3.05) is 0 Å². The first kappa shape index (κ1) is 9.01. The lowest BCUT2D eigenvalue weighted by molar-refractivity contribution is 0.104. The summed E-state index contributed by atoms with van der Waals surface area (Å²) in [6.45, 7) is 0. The highest BCUT2D eigenvalue weighted by Crippen LogP contribution is 2.04. The fourth-order valence-electron chi connectivity index (χ4n) is 0.893. The van der Waals surface area contributed by atoms with Gasteiger partial charge in [0.2, 0.25) is 0 Å². The summed E-state index contributed by atoms with van der Waals surface area (Å²) in [5.41, 5.74) is 6.13. The smallest absolute Gasteiger partial charge is 0.187 e. The van der Waals surface area contributed by atoms with Crippen LogP contribution in [0.3, 0.4) is 0 Å². The van der Waals surface area contributed by atoms with Crippen molar-refractivity contribution in [2.45, 2.75) is 0 Å². The fraction of sp³-hybridized carbons (Fsp3) is 0. The van der Waals surface area contributed by atoms with Gasteiger partial charge in [-0.15, -0.1) is 0 Å². The number of nitriles is 1. The van der Waals surface area contributed by atoms with Crippen LogP contribution in [0.15, 0.2) is 36.5 Å². The van der Waals surface area contributed by atoms with E-state index in [1.54, 1.807) is 24.3 Å². The maximum Gasteiger partial charge on any atom is 0.187 e. The van der Waals surface area contributed by atoms with E-state index < -0.39 is 0 Å². The molecule has 0 spiro atoms. The van der Waals surface area contributed by atoms with Crippen LogP contribution in [-0.4, -0.2) is 5.78 Å². The second-order valence-electron chi connectivity index (χ2n) is 2.41. The maximum atomic E-state index is 11.2. The van der Waals surface area contributed by atoms with Gasteiger partial charge in [-0.05, 0) is 30.5 Å². The van der Waals surface area contributed by atoms with Gasteiger partial charge in [0, 0.05) is 11.6 Å². The van der Waals surface area contributed by atoms with Crippen molar-refractivity contribution >= 4 is 5.78 Å². The molecule has 0 aliphatic carbocycles. The summed E-state index contributed by atoms with van der Waals surface area (Å²) in [5.74, 6) is -0.160. The van der Waals surface area contributed by atoms with Crippen LogP contribution < -0.4 is 5.73 Å². The normalized spacial score (nSPS) is 9.77. The standard InChI is InChI=1S/C10H8N2O/c11-6-5-10(13)9-3-1-8(7-12)2-4-9/h1-6H,11H2/b6-5+. The zero-order valence-electron chi connectivity index (χ0n) is 6.90. The van der Waals surface area contributed by atoms with Crippen LogP contribution in [0.2, 0.25) is 0 Å². The minimum atomic E-state index is -0.160. The van der Waals surface area contributed by atoms with E-state index in [0.717, 1.165) is 0 Å². The number of carbonyl (C=O) groups excluding carboxylic acids is 1. The van der Waals surface area contributed by atoms with E-state index in [0.29, 0.717) is 11.1 Å². The van der Waals surface area contributed by atoms with Crippen LogP contribution in [0.25, 0.3) is 0 Å². The highest BCUT2D eigenvalue weighted by Gasteiger charge is 2.00. The molecule has 0 aliphatic heterocycles. The molecular formula is C10H8N2O. The van der Waals surface area contributed by atoms with Crippen LogP contribution in [0, 0.1) is 11.3 Å². The Balaban J connectivity index is 2.94. The highest BCUT2D eigenvalue weighted by molar-refractivity contribution is 6.04. The lowest BCUT2D eigenvalue weighted by Gasteiger charge is -1.94. The van der Waals surface area contributed by atoms with Crippen molar-refractivity contribution in [2.24, 2.45) is 5.73 Å². The number of nitrogens with two attached hydrogens (primary N) is 1. The number of ketones is 1. The van der Waals surface area contributed by atoms with Crippen molar-refractivity contribution in [1.29, 1.82) is 5.26 Å². The molecule has 0 saturated carbocycles. The van der Waals surface area contributed by atoms with Crippen LogP contribution in [0.5, 0.6) is 0 Å². The topological polar surface area (TPSA) is 66.9 Å².